The average Bonchev–Trinajstić information content (AvgIpc) is 3.15. The van der Waals surface area contributed by atoms with Crippen LogP contribution < -0.4 is 5.32 Å². The van der Waals surface area contributed by atoms with Crippen molar-refractivity contribution in [3.8, 4) is 11.1 Å². The molecule has 0 heterocycles. The van der Waals surface area contributed by atoms with Gasteiger partial charge in [0, 0.05) is 22.3 Å². The summed E-state index contributed by atoms with van der Waals surface area (Å²) >= 11 is 5.92. The van der Waals surface area contributed by atoms with E-state index in [-0.39, 0.29) is 0 Å². The molecule has 0 amide bonds. The van der Waals surface area contributed by atoms with Gasteiger partial charge in [0.15, 0.2) is 0 Å². The smallest absolute Gasteiger partial charge is 0.0422 e. The Bertz CT molecular complexity index is 515. The maximum Gasteiger partial charge on any atom is 0.0422 e. The molecule has 1 fully saturated rings. The Morgan fingerprint density at radius 1 is 0.941 bits per heavy atom. The summed E-state index contributed by atoms with van der Waals surface area (Å²) in [6, 6.07) is 17.1. The number of hydrogen-bond donors (Lipinski definition) is 1. The molecule has 1 N–H and O–H groups in total. The molecule has 86 valence electrons. The summed E-state index contributed by atoms with van der Waals surface area (Å²) in [5.74, 6) is 0. The van der Waals surface area contributed by atoms with Crippen LogP contribution in [0.15, 0.2) is 48.5 Å². The maximum absolute atomic E-state index is 5.92. The summed E-state index contributed by atoms with van der Waals surface area (Å²) in [5, 5.41) is 4.34. The number of para-hydroxylation sites is 1. The Hall–Kier alpha value is -1.47. The molecule has 0 unspecified atom stereocenters. The van der Waals surface area contributed by atoms with Crippen LogP contribution in [0.4, 0.5) is 5.69 Å². The summed E-state index contributed by atoms with van der Waals surface area (Å²) < 4.78 is 0. The zero-order chi connectivity index (χ0) is 11.7. The monoisotopic (exact) mass is 243 g/mol. The van der Waals surface area contributed by atoms with Crippen molar-refractivity contribution in [2.45, 2.75) is 18.9 Å². The molecule has 2 aromatic rings. The molecule has 0 atom stereocenters. The fourth-order valence-corrected chi connectivity index (χ4v) is 2.06. The van der Waals surface area contributed by atoms with Gasteiger partial charge in [0.1, 0.15) is 0 Å². The lowest BCUT2D eigenvalue weighted by atomic mass is 10.0. The third-order valence-corrected chi connectivity index (χ3v) is 3.27. The van der Waals surface area contributed by atoms with Crippen LogP contribution >= 0.6 is 11.6 Å². The van der Waals surface area contributed by atoms with Crippen molar-refractivity contribution >= 4 is 17.3 Å². The van der Waals surface area contributed by atoms with Crippen molar-refractivity contribution in [1.82, 2.24) is 0 Å². The molecular formula is C15H14ClN. The highest BCUT2D eigenvalue weighted by Crippen LogP contribution is 2.32. The van der Waals surface area contributed by atoms with Gasteiger partial charge in [-0.1, -0.05) is 41.9 Å². The van der Waals surface area contributed by atoms with Gasteiger partial charge in [-0.2, -0.15) is 0 Å². The first-order valence-corrected chi connectivity index (χ1v) is 6.32. The van der Waals surface area contributed by atoms with Crippen LogP contribution in [0.1, 0.15) is 12.8 Å². The minimum atomic E-state index is 0.670. The molecule has 17 heavy (non-hydrogen) atoms. The Kier molecular flexibility index (Phi) is 2.77. The highest BCUT2D eigenvalue weighted by atomic mass is 35.5. The van der Waals surface area contributed by atoms with Crippen molar-refractivity contribution in [2.24, 2.45) is 0 Å². The minimum absolute atomic E-state index is 0.670. The Morgan fingerprint density at radius 3 is 2.35 bits per heavy atom. The number of benzene rings is 2. The maximum atomic E-state index is 5.92. The van der Waals surface area contributed by atoms with Gasteiger partial charge in [-0.15, -0.1) is 0 Å². The topological polar surface area (TPSA) is 12.0 Å². The number of rotatable bonds is 3. The highest BCUT2D eigenvalue weighted by Gasteiger charge is 2.21. The molecule has 0 spiro atoms. The first kappa shape index (κ1) is 10.7. The standard InChI is InChI=1S/C15H14ClN/c16-12-7-5-11(6-8-12)14-3-1-2-4-15(14)17-13-9-10-13/h1-8,13,17H,9-10H2. The molecule has 0 bridgehead atoms. The molecule has 1 aliphatic rings. The second-order valence-corrected chi connectivity index (χ2v) is 4.91. The fourth-order valence-electron chi connectivity index (χ4n) is 1.94. The zero-order valence-corrected chi connectivity index (χ0v) is 10.2. The van der Waals surface area contributed by atoms with Gasteiger partial charge in [-0.25, -0.2) is 0 Å². The van der Waals surface area contributed by atoms with Crippen LogP contribution in [-0.2, 0) is 0 Å². The van der Waals surface area contributed by atoms with Crippen LogP contribution in [-0.4, -0.2) is 6.04 Å². The van der Waals surface area contributed by atoms with Gasteiger partial charge in [-0.3, -0.25) is 0 Å². The molecule has 2 heteroatoms. The van der Waals surface area contributed by atoms with E-state index in [2.05, 4.69) is 41.7 Å². The van der Waals surface area contributed by atoms with Gasteiger partial charge >= 0.3 is 0 Å². The molecular weight excluding hydrogens is 230 g/mol. The van der Waals surface area contributed by atoms with E-state index < -0.39 is 0 Å². The van der Waals surface area contributed by atoms with Crippen molar-refractivity contribution < 1.29 is 0 Å². The first-order chi connectivity index (χ1) is 8.33. The lowest BCUT2D eigenvalue weighted by Crippen LogP contribution is -2.01. The normalized spacial score (nSPS) is 14.6. The molecule has 1 saturated carbocycles. The molecule has 1 nitrogen and oxygen atoms in total. The largest absolute Gasteiger partial charge is 0.382 e. The van der Waals surface area contributed by atoms with Crippen LogP contribution in [0.3, 0.4) is 0 Å². The highest BCUT2D eigenvalue weighted by molar-refractivity contribution is 6.30. The molecule has 1 aliphatic carbocycles. The Morgan fingerprint density at radius 2 is 1.65 bits per heavy atom. The van der Waals surface area contributed by atoms with Gasteiger partial charge in [0.2, 0.25) is 0 Å². The summed E-state index contributed by atoms with van der Waals surface area (Å²) in [4.78, 5) is 0. The third kappa shape index (κ3) is 2.45. The van der Waals surface area contributed by atoms with Crippen LogP contribution in [0.2, 0.25) is 5.02 Å². The third-order valence-electron chi connectivity index (χ3n) is 3.02. The van der Waals surface area contributed by atoms with Crippen LogP contribution in [0.5, 0.6) is 0 Å². The van der Waals surface area contributed by atoms with E-state index in [4.69, 9.17) is 11.6 Å². The van der Waals surface area contributed by atoms with Gasteiger partial charge in [0.05, 0.1) is 0 Å². The van der Waals surface area contributed by atoms with Crippen LogP contribution in [0, 0.1) is 0 Å². The predicted molar refractivity (Wildman–Crippen MR) is 73.5 cm³/mol. The lowest BCUT2D eigenvalue weighted by Gasteiger charge is -2.11. The molecule has 3 rings (SSSR count). The van der Waals surface area contributed by atoms with Crippen molar-refractivity contribution in [3.63, 3.8) is 0 Å². The van der Waals surface area contributed by atoms with E-state index in [1.54, 1.807) is 0 Å². The van der Waals surface area contributed by atoms with E-state index in [0.717, 1.165) is 5.02 Å². The molecule has 0 aromatic heterocycles. The number of anilines is 1. The van der Waals surface area contributed by atoms with Gasteiger partial charge in [-0.05, 0) is 36.6 Å². The van der Waals surface area contributed by atoms with Crippen molar-refractivity contribution in [2.75, 3.05) is 5.32 Å². The van der Waals surface area contributed by atoms with E-state index in [1.807, 2.05) is 12.1 Å². The van der Waals surface area contributed by atoms with Gasteiger partial charge in [0.25, 0.3) is 0 Å². The van der Waals surface area contributed by atoms with Crippen molar-refractivity contribution in [3.05, 3.63) is 53.6 Å². The van der Waals surface area contributed by atoms with E-state index in [0.29, 0.717) is 6.04 Å². The number of halogens is 1. The quantitative estimate of drug-likeness (QED) is 0.832. The summed E-state index contributed by atoms with van der Waals surface area (Å²) in [5.41, 5.74) is 3.67. The number of nitrogens with one attached hydrogen (secondary N) is 1. The fraction of sp³-hybridized carbons (Fsp3) is 0.200. The summed E-state index contributed by atoms with van der Waals surface area (Å²) in [6.07, 6.45) is 2.57. The second kappa shape index (κ2) is 4.42. The second-order valence-electron chi connectivity index (χ2n) is 4.47. The molecule has 0 saturated heterocycles. The van der Waals surface area contributed by atoms with E-state index >= 15 is 0 Å². The predicted octanol–water partition coefficient (Wildman–Crippen LogP) is 4.58. The average molecular weight is 244 g/mol. The zero-order valence-electron chi connectivity index (χ0n) is 9.49. The lowest BCUT2D eigenvalue weighted by molar-refractivity contribution is 1.16. The Balaban J connectivity index is 1.97. The van der Waals surface area contributed by atoms with Gasteiger partial charge < -0.3 is 5.32 Å². The number of hydrogen-bond acceptors (Lipinski definition) is 1. The van der Waals surface area contributed by atoms with E-state index in [9.17, 15) is 0 Å². The van der Waals surface area contributed by atoms with Crippen molar-refractivity contribution in [1.29, 1.82) is 0 Å². The van der Waals surface area contributed by atoms with Crippen LogP contribution in [0.25, 0.3) is 11.1 Å². The summed E-state index contributed by atoms with van der Waals surface area (Å²) in [7, 11) is 0. The molecule has 2 aromatic carbocycles. The molecule has 0 radical (unpaired) electrons. The minimum Gasteiger partial charge on any atom is -0.382 e. The first-order valence-electron chi connectivity index (χ1n) is 5.94. The van der Waals surface area contributed by atoms with E-state index in [1.165, 1.54) is 29.7 Å². The SMILES string of the molecule is Clc1ccc(-c2ccccc2NC2CC2)cc1. The Labute approximate surface area is 106 Å². The summed E-state index contributed by atoms with van der Waals surface area (Å²) in [6.45, 7) is 0. The molecule has 0 aliphatic heterocycles.